The van der Waals surface area contributed by atoms with Crippen LogP contribution in [0.4, 0.5) is 0 Å². The molecule has 0 spiro atoms. The highest BCUT2D eigenvalue weighted by Gasteiger charge is 2.12. The van der Waals surface area contributed by atoms with Crippen LogP contribution in [0.1, 0.15) is 31.7 Å². The maximum Gasteiger partial charge on any atom is 0.0488 e. The third kappa shape index (κ3) is 5.54. The molecule has 1 unspecified atom stereocenters. The molecule has 1 nitrogen and oxygen atoms in total. The molecular weight excluding hydrogens is 344 g/mol. The van der Waals surface area contributed by atoms with E-state index in [1.165, 1.54) is 10.0 Å². The second kappa shape index (κ2) is 8.28. The van der Waals surface area contributed by atoms with Crippen molar-refractivity contribution in [3.8, 4) is 0 Å². The topological polar surface area (TPSA) is 9.23 Å². The van der Waals surface area contributed by atoms with Gasteiger partial charge in [0.25, 0.3) is 0 Å². The van der Waals surface area contributed by atoms with Crippen molar-refractivity contribution < 1.29 is 4.74 Å². The van der Waals surface area contributed by atoms with Gasteiger partial charge in [0.1, 0.15) is 0 Å². The molecule has 1 rings (SSSR count). The number of ether oxygens (including phenoxy) is 1. The first-order valence-corrected chi connectivity index (χ1v) is 7.94. The summed E-state index contributed by atoms with van der Waals surface area (Å²) in [6.45, 7) is 6.03. The van der Waals surface area contributed by atoms with Crippen LogP contribution in [0, 0.1) is 5.92 Å². The molecule has 3 heteroatoms. The van der Waals surface area contributed by atoms with Crippen LogP contribution in [0.15, 0.2) is 28.7 Å². The van der Waals surface area contributed by atoms with Gasteiger partial charge in [0.15, 0.2) is 0 Å². The second-order valence-electron chi connectivity index (χ2n) is 4.63. The van der Waals surface area contributed by atoms with E-state index in [4.69, 9.17) is 4.74 Å². The van der Waals surface area contributed by atoms with E-state index in [2.05, 4.69) is 63.9 Å². The van der Waals surface area contributed by atoms with Crippen LogP contribution in [0.3, 0.4) is 0 Å². The van der Waals surface area contributed by atoms with E-state index in [-0.39, 0.29) is 0 Å². The van der Waals surface area contributed by atoms with Gasteiger partial charge in [-0.1, -0.05) is 63.9 Å². The Morgan fingerprint density at radius 3 is 2.53 bits per heavy atom. The van der Waals surface area contributed by atoms with Crippen molar-refractivity contribution in [1.29, 1.82) is 0 Å². The number of alkyl halides is 1. The SMILES string of the molecule is CC(C)COCCC(CBr)c1ccccc1Br. The van der Waals surface area contributed by atoms with Gasteiger partial charge in [-0.15, -0.1) is 0 Å². The van der Waals surface area contributed by atoms with Gasteiger partial charge in [0.2, 0.25) is 0 Å². The van der Waals surface area contributed by atoms with E-state index in [9.17, 15) is 0 Å². The lowest BCUT2D eigenvalue weighted by Crippen LogP contribution is -2.09. The maximum atomic E-state index is 5.65. The highest BCUT2D eigenvalue weighted by Crippen LogP contribution is 2.28. The van der Waals surface area contributed by atoms with Crippen LogP contribution < -0.4 is 0 Å². The summed E-state index contributed by atoms with van der Waals surface area (Å²) in [6, 6.07) is 8.41. The molecule has 0 fully saturated rings. The molecule has 0 radical (unpaired) electrons. The third-order valence-corrected chi connectivity index (χ3v) is 4.10. The fourth-order valence-corrected chi connectivity index (χ4v) is 2.95. The van der Waals surface area contributed by atoms with Gasteiger partial charge >= 0.3 is 0 Å². The Morgan fingerprint density at radius 2 is 1.94 bits per heavy atom. The molecule has 1 aromatic carbocycles. The Morgan fingerprint density at radius 1 is 1.24 bits per heavy atom. The minimum atomic E-state index is 0.512. The van der Waals surface area contributed by atoms with Crippen molar-refractivity contribution in [2.45, 2.75) is 26.2 Å². The monoisotopic (exact) mass is 362 g/mol. The Bertz CT molecular complexity index is 326. The van der Waals surface area contributed by atoms with Crippen molar-refractivity contribution in [3.05, 3.63) is 34.3 Å². The lowest BCUT2D eigenvalue weighted by atomic mass is 9.98. The van der Waals surface area contributed by atoms with E-state index >= 15 is 0 Å². The first-order valence-electron chi connectivity index (χ1n) is 6.03. The van der Waals surface area contributed by atoms with Gasteiger partial charge in [-0.05, 0) is 29.9 Å². The Hall–Kier alpha value is 0.140. The summed E-state index contributed by atoms with van der Waals surface area (Å²) in [6.07, 6.45) is 1.06. The van der Waals surface area contributed by atoms with Crippen LogP contribution in [-0.2, 0) is 4.74 Å². The highest BCUT2D eigenvalue weighted by molar-refractivity contribution is 9.10. The van der Waals surface area contributed by atoms with Crippen molar-refractivity contribution in [1.82, 2.24) is 0 Å². The quantitative estimate of drug-likeness (QED) is 0.489. The number of hydrogen-bond acceptors (Lipinski definition) is 1. The standard InChI is InChI=1S/C14H20Br2O/c1-11(2)10-17-8-7-12(9-15)13-5-3-4-6-14(13)16/h3-6,11-12H,7-10H2,1-2H3. The van der Waals surface area contributed by atoms with Gasteiger partial charge in [-0.2, -0.15) is 0 Å². The summed E-state index contributed by atoms with van der Waals surface area (Å²) >= 11 is 7.20. The molecular formula is C14H20Br2O. The number of benzene rings is 1. The lowest BCUT2D eigenvalue weighted by molar-refractivity contribution is 0.105. The smallest absolute Gasteiger partial charge is 0.0488 e. The summed E-state index contributed by atoms with van der Waals surface area (Å²) < 4.78 is 6.84. The molecule has 0 saturated carbocycles. The van der Waals surface area contributed by atoms with Crippen LogP contribution in [0.5, 0.6) is 0 Å². The largest absolute Gasteiger partial charge is 0.381 e. The molecule has 0 heterocycles. The molecule has 0 bridgehead atoms. The Kier molecular flexibility index (Phi) is 7.40. The van der Waals surface area contributed by atoms with Gasteiger partial charge in [-0.3, -0.25) is 0 Å². The summed E-state index contributed by atoms with van der Waals surface area (Å²) in [4.78, 5) is 0. The molecule has 0 amide bonds. The summed E-state index contributed by atoms with van der Waals surface area (Å²) in [5.41, 5.74) is 1.36. The first-order chi connectivity index (χ1) is 8.15. The summed E-state index contributed by atoms with van der Waals surface area (Å²) in [5.74, 6) is 1.12. The number of rotatable bonds is 7. The van der Waals surface area contributed by atoms with Crippen LogP contribution in [0.25, 0.3) is 0 Å². The zero-order valence-electron chi connectivity index (χ0n) is 10.5. The van der Waals surface area contributed by atoms with Crippen molar-refractivity contribution in [2.75, 3.05) is 18.5 Å². The Labute approximate surface area is 121 Å². The predicted molar refractivity (Wildman–Crippen MR) is 81.0 cm³/mol. The molecule has 17 heavy (non-hydrogen) atoms. The van der Waals surface area contributed by atoms with Gasteiger partial charge in [-0.25, -0.2) is 0 Å². The molecule has 0 saturated heterocycles. The first kappa shape index (κ1) is 15.2. The van der Waals surface area contributed by atoms with Crippen LogP contribution in [-0.4, -0.2) is 18.5 Å². The minimum Gasteiger partial charge on any atom is -0.381 e. The molecule has 0 aromatic heterocycles. The van der Waals surface area contributed by atoms with E-state index in [0.717, 1.165) is 25.0 Å². The normalized spacial score (nSPS) is 13.0. The summed E-state index contributed by atoms with van der Waals surface area (Å²) in [7, 11) is 0. The average molecular weight is 364 g/mol. The molecule has 1 aromatic rings. The lowest BCUT2D eigenvalue weighted by Gasteiger charge is -2.16. The zero-order chi connectivity index (χ0) is 12.7. The molecule has 0 aliphatic rings. The molecule has 0 aliphatic heterocycles. The molecule has 0 aliphatic carbocycles. The second-order valence-corrected chi connectivity index (χ2v) is 6.13. The van der Waals surface area contributed by atoms with E-state index < -0.39 is 0 Å². The van der Waals surface area contributed by atoms with E-state index in [1.807, 2.05) is 6.07 Å². The van der Waals surface area contributed by atoms with E-state index in [0.29, 0.717) is 11.8 Å². The summed E-state index contributed by atoms with van der Waals surface area (Å²) in [5, 5.41) is 0.973. The van der Waals surface area contributed by atoms with Gasteiger partial charge in [0.05, 0.1) is 0 Å². The Balaban J connectivity index is 2.46. The van der Waals surface area contributed by atoms with Crippen molar-refractivity contribution >= 4 is 31.9 Å². The number of halogens is 2. The van der Waals surface area contributed by atoms with Crippen LogP contribution in [0.2, 0.25) is 0 Å². The molecule has 0 N–H and O–H groups in total. The van der Waals surface area contributed by atoms with E-state index in [1.54, 1.807) is 0 Å². The van der Waals surface area contributed by atoms with Gasteiger partial charge < -0.3 is 4.74 Å². The fraction of sp³-hybridized carbons (Fsp3) is 0.571. The maximum absolute atomic E-state index is 5.65. The van der Waals surface area contributed by atoms with Crippen molar-refractivity contribution in [2.24, 2.45) is 5.92 Å². The fourth-order valence-electron chi connectivity index (χ4n) is 1.67. The minimum absolute atomic E-state index is 0.512. The third-order valence-electron chi connectivity index (χ3n) is 2.59. The van der Waals surface area contributed by atoms with Gasteiger partial charge in [0, 0.05) is 23.0 Å². The average Bonchev–Trinajstić information content (AvgIpc) is 2.30. The highest BCUT2D eigenvalue weighted by atomic mass is 79.9. The predicted octanol–water partition coefficient (Wildman–Crippen LogP) is 4.99. The molecule has 96 valence electrons. The molecule has 1 atom stereocenters. The van der Waals surface area contributed by atoms with Crippen LogP contribution >= 0.6 is 31.9 Å². The zero-order valence-corrected chi connectivity index (χ0v) is 13.6. The van der Waals surface area contributed by atoms with Crippen molar-refractivity contribution in [3.63, 3.8) is 0 Å². The number of hydrogen-bond donors (Lipinski definition) is 0.